The van der Waals surface area contributed by atoms with Crippen LogP contribution < -0.4 is 10.6 Å². The molecular weight excluding hydrogens is 440 g/mol. The second-order valence-electron chi connectivity index (χ2n) is 7.78. The van der Waals surface area contributed by atoms with Crippen LogP contribution in [0.4, 0.5) is 5.00 Å². The fourth-order valence-electron chi connectivity index (χ4n) is 3.85. The van der Waals surface area contributed by atoms with Crippen LogP contribution in [0.2, 0.25) is 5.02 Å². The molecule has 2 amide bonds. The molecule has 1 heterocycles. The highest BCUT2D eigenvalue weighted by molar-refractivity contribution is 7.17. The van der Waals surface area contributed by atoms with Crippen molar-refractivity contribution in [3.8, 4) is 0 Å². The fraction of sp³-hybridized carbons (Fsp3) is 0.231. The maximum Gasteiger partial charge on any atom is 0.254 e. The zero-order valence-electron chi connectivity index (χ0n) is 17.7. The monoisotopic (exact) mass is 464 g/mol. The third kappa shape index (κ3) is 5.67. The smallest absolute Gasteiger partial charge is 0.254 e. The number of aryl methyl sites for hydroxylation is 1. The third-order valence-corrected chi connectivity index (χ3v) is 6.93. The Bertz CT molecular complexity index is 1120. The van der Waals surface area contributed by atoms with Crippen LogP contribution in [0, 0.1) is 0 Å². The normalized spacial score (nSPS) is 13.0. The van der Waals surface area contributed by atoms with Crippen LogP contribution in [0.3, 0.4) is 0 Å². The van der Waals surface area contributed by atoms with Gasteiger partial charge in [0.2, 0.25) is 5.91 Å². The van der Waals surface area contributed by atoms with E-state index in [4.69, 9.17) is 11.6 Å². The first kappa shape index (κ1) is 22.3. The standard InChI is InChI=1S/C26H25ClN2O2S/c27-20-13-10-19(11-14-20)12-15-23(30)29-26-24(21-8-4-5-9-22(21)32-26)25(31)28-17-16-18-6-2-1-3-7-18/h1-3,6-7,10-15H,4-5,8-9,16-17H2,(H,28,31)(H,29,30). The number of rotatable bonds is 7. The van der Waals surface area contributed by atoms with Gasteiger partial charge in [0.05, 0.1) is 5.56 Å². The molecule has 4 rings (SSSR count). The topological polar surface area (TPSA) is 58.2 Å². The number of nitrogens with one attached hydrogen (secondary N) is 2. The lowest BCUT2D eigenvalue weighted by Gasteiger charge is -2.13. The van der Waals surface area contributed by atoms with Crippen LogP contribution in [-0.2, 0) is 24.1 Å². The first-order valence-electron chi connectivity index (χ1n) is 10.8. The highest BCUT2D eigenvalue weighted by Gasteiger charge is 2.25. The number of carbonyl (C=O) groups excluding carboxylic acids is 2. The molecule has 1 aliphatic rings. The van der Waals surface area contributed by atoms with E-state index >= 15 is 0 Å². The highest BCUT2D eigenvalue weighted by Crippen LogP contribution is 2.38. The van der Waals surface area contributed by atoms with Crippen LogP contribution in [0.25, 0.3) is 6.08 Å². The molecule has 32 heavy (non-hydrogen) atoms. The van der Waals surface area contributed by atoms with E-state index in [9.17, 15) is 9.59 Å². The minimum atomic E-state index is -0.253. The Kier molecular flexibility index (Phi) is 7.40. The molecule has 0 fully saturated rings. The minimum Gasteiger partial charge on any atom is -0.352 e. The van der Waals surface area contributed by atoms with Crippen molar-refractivity contribution in [1.82, 2.24) is 5.32 Å². The molecule has 3 aromatic rings. The molecule has 164 valence electrons. The van der Waals surface area contributed by atoms with Crippen molar-refractivity contribution in [2.75, 3.05) is 11.9 Å². The van der Waals surface area contributed by atoms with E-state index in [-0.39, 0.29) is 11.8 Å². The lowest BCUT2D eigenvalue weighted by atomic mass is 9.95. The maximum atomic E-state index is 13.1. The minimum absolute atomic E-state index is 0.114. The van der Waals surface area contributed by atoms with E-state index in [2.05, 4.69) is 22.8 Å². The van der Waals surface area contributed by atoms with Crippen molar-refractivity contribution in [2.24, 2.45) is 0 Å². The van der Waals surface area contributed by atoms with E-state index in [1.54, 1.807) is 18.2 Å². The fourth-order valence-corrected chi connectivity index (χ4v) is 5.26. The molecule has 0 bridgehead atoms. The summed E-state index contributed by atoms with van der Waals surface area (Å²) in [6, 6.07) is 17.3. The Hall–Kier alpha value is -2.89. The van der Waals surface area contributed by atoms with Gasteiger partial charge in [0.15, 0.2) is 0 Å². The summed E-state index contributed by atoms with van der Waals surface area (Å²) in [6.07, 6.45) is 8.01. The summed E-state index contributed by atoms with van der Waals surface area (Å²) in [5.74, 6) is -0.366. The molecule has 4 nitrogen and oxygen atoms in total. The van der Waals surface area contributed by atoms with Gasteiger partial charge in [-0.1, -0.05) is 54.1 Å². The number of carbonyl (C=O) groups is 2. The third-order valence-electron chi connectivity index (χ3n) is 5.47. The zero-order valence-corrected chi connectivity index (χ0v) is 19.3. The van der Waals surface area contributed by atoms with Gasteiger partial charge in [0, 0.05) is 22.5 Å². The molecule has 0 saturated carbocycles. The quantitative estimate of drug-likeness (QED) is 0.427. The molecule has 2 aromatic carbocycles. The average molecular weight is 465 g/mol. The Morgan fingerprint density at radius 1 is 1.00 bits per heavy atom. The van der Waals surface area contributed by atoms with Crippen molar-refractivity contribution in [3.05, 3.63) is 92.8 Å². The second kappa shape index (κ2) is 10.6. The lowest BCUT2D eigenvalue weighted by Crippen LogP contribution is -2.27. The first-order chi connectivity index (χ1) is 15.6. The predicted octanol–water partition coefficient (Wildman–Crippen LogP) is 5.90. The number of anilines is 1. The summed E-state index contributed by atoms with van der Waals surface area (Å²) in [7, 11) is 0. The maximum absolute atomic E-state index is 13.1. The van der Waals surface area contributed by atoms with E-state index in [0.29, 0.717) is 22.1 Å². The van der Waals surface area contributed by atoms with Crippen molar-refractivity contribution in [2.45, 2.75) is 32.1 Å². The van der Waals surface area contributed by atoms with Crippen LogP contribution in [0.5, 0.6) is 0 Å². The second-order valence-corrected chi connectivity index (χ2v) is 9.32. The molecule has 0 unspecified atom stereocenters. The number of benzene rings is 2. The van der Waals surface area contributed by atoms with E-state index < -0.39 is 0 Å². The van der Waals surface area contributed by atoms with Crippen LogP contribution in [-0.4, -0.2) is 18.4 Å². The highest BCUT2D eigenvalue weighted by atomic mass is 35.5. The summed E-state index contributed by atoms with van der Waals surface area (Å²) in [6.45, 7) is 0.553. The summed E-state index contributed by atoms with van der Waals surface area (Å²) in [5.41, 5.74) is 3.79. The number of hydrogen-bond acceptors (Lipinski definition) is 3. The van der Waals surface area contributed by atoms with Gasteiger partial charge in [-0.2, -0.15) is 0 Å². The Labute approximate surface area is 197 Å². The summed E-state index contributed by atoms with van der Waals surface area (Å²) >= 11 is 7.44. The van der Waals surface area contributed by atoms with Crippen LogP contribution in [0.15, 0.2) is 60.7 Å². The van der Waals surface area contributed by atoms with E-state index in [1.807, 2.05) is 30.3 Å². The molecular formula is C26H25ClN2O2S. The van der Waals surface area contributed by atoms with Gasteiger partial charge in [-0.15, -0.1) is 11.3 Å². The largest absolute Gasteiger partial charge is 0.352 e. The van der Waals surface area contributed by atoms with Crippen LogP contribution >= 0.6 is 22.9 Å². The Morgan fingerprint density at radius 2 is 1.75 bits per heavy atom. The molecule has 0 aliphatic heterocycles. The van der Waals surface area contributed by atoms with Gasteiger partial charge in [0.25, 0.3) is 5.91 Å². The van der Waals surface area contributed by atoms with Gasteiger partial charge >= 0.3 is 0 Å². The first-order valence-corrected chi connectivity index (χ1v) is 12.0. The molecule has 1 aromatic heterocycles. The van der Waals surface area contributed by atoms with Gasteiger partial charge in [-0.05, 0) is 67.0 Å². The average Bonchev–Trinajstić information content (AvgIpc) is 3.17. The molecule has 0 radical (unpaired) electrons. The van der Waals surface area contributed by atoms with Crippen LogP contribution in [0.1, 0.15) is 44.8 Å². The lowest BCUT2D eigenvalue weighted by molar-refractivity contribution is -0.111. The number of thiophene rings is 1. The molecule has 6 heteroatoms. The summed E-state index contributed by atoms with van der Waals surface area (Å²) in [4.78, 5) is 26.9. The summed E-state index contributed by atoms with van der Waals surface area (Å²) in [5, 5.41) is 7.28. The molecule has 1 aliphatic carbocycles. The predicted molar refractivity (Wildman–Crippen MR) is 133 cm³/mol. The Morgan fingerprint density at radius 3 is 2.53 bits per heavy atom. The molecule has 0 atom stereocenters. The van der Waals surface area contributed by atoms with E-state index in [0.717, 1.165) is 43.2 Å². The van der Waals surface area contributed by atoms with Gasteiger partial charge in [-0.3, -0.25) is 9.59 Å². The zero-order chi connectivity index (χ0) is 22.3. The van der Waals surface area contributed by atoms with Gasteiger partial charge in [-0.25, -0.2) is 0 Å². The molecule has 0 saturated heterocycles. The molecule has 0 spiro atoms. The summed E-state index contributed by atoms with van der Waals surface area (Å²) < 4.78 is 0. The van der Waals surface area contributed by atoms with Crippen molar-refractivity contribution >= 4 is 45.8 Å². The van der Waals surface area contributed by atoms with Crippen molar-refractivity contribution in [1.29, 1.82) is 0 Å². The van der Waals surface area contributed by atoms with E-state index in [1.165, 1.54) is 27.9 Å². The number of hydrogen-bond donors (Lipinski definition) is 2. The van der Waals surface area contributed by atoms with Crippen molar-refractivity contribution < 1.29 is 9.59 Å². The Balaban J connectivity index is 1.46. The molecule has 2 N–H and O–H groups in total. The van der Waals surface area contributed by atoms with Gasteiger partial charge in [0.1, 0.15) is 5.00 Å². The van der Waals surface area contributed by atoms with Crippen molar-refractivity contribution in [3.63, 3.8) is 0 Å². The number of halogens is 1. The number of amides is 2. The van der Waals surface area contributed by atoms with Gasteiger partial charge < -0.3 is 10.6 Å². The SMILES string of the molecule is O=C(C=Cc1ccc(Cl)cc1)Nc1sc2c(c1C(=O)NCCc1ccccc1)CCCC2. The number of fused-ring (bicyclic) bond motifs is 1.